The summed E-state index contributed by atoms with van der Waals surface area (Å²) < 4.78 is 8.56. The van der Waals surface area contributed by atoms with Crippen molar-refractivity contribution in [3.8, 4) is 0 Å². The van der Waals surface area contributed by atoms with Gasteiger partial charge in [-0.25, -0.2) is 4.79 Å². The van der Waals surface area contributed by atoms with Crippen molar-refractivity contribution < 1.29 is 14.3 Å². The molecule has 0 bridgehead atoms. The molecule has 1 aromatic heterocycles. The third kappa shape index (κ3) is 2.37. The smallest absolute Gasteiger partial charge is 0.355 e. The van der Waals surface area contributed by atoms with Crippen LogP contribution in [0.5, 0.6) is 0 Å². The van der Waals surface area contributed by atoms with Gasteiger partial charge in [0.1, 0.15) is 17.1 Å². The van der Waals surface area contributed by atoms with Gasteiger partial charge in [0.05, 0.1) is 12.8 Å². The van der Waals surface area contributed by atoms with E-state index in [1.54, 1.807) is 17.5 Å². The molecule has 1 unspecified atom stereocenters. The van der Waals surface area contributed by atoms with E-state index in [9.17, 15) is 9.59 Å². The highest BCUT2D eigenvalue weighted by molar-refractivity contribution is 8.00. The summed E-state index contributed by atoms with van der Waals surface area (Å²) >= 11 is 2.78. The van der Waals surface area contributed by atoms with Crippen LogP contribution in [0.25, 0.3) is 6.08 Å². The van der Waals surface area contributed by atoms with Crippen LogP contribution < -0.4 is 5.73 Å². The lowest BCUT2D eigenvalue weighted by atomic mass is 10.0. The quantitative estimate of drug-likeness (QED) is 0.627. The molecule has 0 radical (unpaired) electrons. The van der Waals surface area contributed by atoms with Crippen LogP contribution in [0, 0.1) is 0 Å². The van der Waals surface area contributed by atoms with E-state index in [0.717, 1.165) is 5.57 Å². The number of carbonyl (C=O) groups excluding carboxylic acids is 2. The number of hydrogen-bond acceptors (Lipinski definition) is 8. The Morgan fingerprint density at radius 2 is 2.38 bits per heavy atom. The summed E-state index contributed by atoms with van der Waals surface area (Å²) in [6.45, 7) is 0. The SMILES string of the molecule is COC(=O)C1=C(/C=C\c2csnn2)CS[C@@H]2C(N)C(=O)N12. The zero-order valence-corrected chi connectivity index (χ0v) is 12.7. The number of hydrogen-bond donors (Lipinski definition) is 1. The Morgan fingerprint density at radius 1 is 1.57 bits per heavy atom. The highest BCUT2D eigenvalue weighted by Gasteiger charge is 2.51. The number of esters is 1. The molecular weight excluding hydrogens is 312 g/mol. The number of allylic oxidation sites excluding steroid dienone is 1. The van der Waals surface area contributed by atoms with E-state index in [1.807, 2.05) is 0 Å². The molecule has 110 valence electrons. The molecular formula is C12H12N4O3S2. The normalized spacial score (nSPS) is 25.0. The molecule has 1 amide bonds. The average molecular weight is 324 g/mol. The summed E-state index contributed by atoms with van der Waals surface area (Å²) in [5, 5.41) is 5.50. The van der Waals surface area contributed by atoms with E-state index in [0.29, 0.717) is 11.4 Å². The number of carbonyl (C=O) groups is 2. The van der Waals surface area contributed by atoms with Crippen LogP contribution in [0.1, 0.15) is 5.69 Å². The van der Waals surface area contributed by atoms with E-state index in [1.165, 1.54) is 35.3 Å². The molecule has 2 N–H and O–H groups in total. The monoisotopic (exact) mass is 324 g/mol. The Balaban J connectivity index is 1.95. The molecule has 2 atom stereocenters. The predicted molar refractivity (Wildman–Crippen MR) is 79.1 cm³/mol. The van der Waals surface area contributed by atoms with Gasteiger partial charge in [-0.2, -0.15) is 0 Å². The van der Waals surface area contributed by atoms with Crippen molar-refractivity contribution in [3.05, 3.63) is 28.4 Å². The number of methoxy groups -OCH3 is 1. The van der Waals surface area contributed by atoms with Crippen molar-refractivity contribution in [1.29, 1.82) is 0 Å². The third-order valence-corrected chi connectivity index (χ3v) is 5.10. The van der Waals surface area contributed by atoms with Crippen LogP contribution in [0.4, 0.5) is 0 Å². The standard InChI is InChI=1S/C12H12N4O3S2/c1-19-12(18)9-6(2-3-7-5-21-15-14-7)4-20-11-8(13)10(17)16(9)11/h2-3,5,8,11H,4,13H2,1H3/b3-2-/t8?,11-/m1/s1. The van der Waals surface area contributed by atoms with E-state index in [-0.39, 0.29) is 17.0 Å². The summed E-state index contributed by atoms with van der Waals surface area (Å²) in [6.07, 6.45) is 3.52. The van der Waals surface area contributed by atoms with Gasteiger partial charge in [0.2, 0.25) is 5.91 Å². The van der Waals surface area contributed by atoms with Gasteiger partial charge in [0.15, 0.2) is 0 Å². The molecule has 0 aromatic carbocycles. The first-order valence-electron chi connectivity index (χ1n) is 6.10. The minimum absolute atomic E-state index is 0.190. The van der Waals surface area contributed by atoms with Crippen LogP contribution in [-0.4, -0.2) is 50.6 Å². The number of nitrogens with two attached hydrogens (primary N) is 1. The van der Waals surface area contributed by atoms with E-state index < -0.39 is 12.0 Å². The van der Waals surface area contributed by atoms with Gasteiger partial charge in [-0.15, -0.1) is 16.9 Å². The lowest BCUT2D eigenvalue weighted by molar-refractivity contribution is -0.149. The lowest BCUT2D eigenvalue weighted by Crippen LogP contribution is -2.68. The molecule has 0 spiro atoms. The van der Waals surface area contributed by atoms with E-state index in [4.69, 9.17) is 10.5 Å². The second-order valence-electron chi connectivity index (χ2n) is 4.46. The first-order valence-corrected chi connectivity index (χ1v) is 7.99. The van der Waals surface area contributed by atoms with Crippen LogP contribution in [0.3, 0.4) is 0 Å². The van der Waals surface area contributed by atoms with Crippen molar-refractivity contribution in [2.24, 2.45) is 5.73 Å². The number of amides is 1. The first-order chi connectivity index (χ1) is 10.1. The summed E-state index contributed by atoms with van der Waals surface area (Å²) in [4.78, 5) is 25.3. The Hall–Kier alpha value is -1.71. The zero-order chi connectivity index (χ0) is 15.0. The predicted octanol–water partition coefficient (Wildman–Crippen LogP) is 0.221. The van der Waals surface area contributed by atoms with Crippen LogP contribution in [0.15, 0.2) is 22.7 Å². The van der Waals surface area contributed by atoms with Crippen molar-refractivity contribution in [1.82, 2.24) is 14.5 Å². The zero-order valence-electron chi connectivity index (χ0n) is 11.1. The maximum Gasteiger partial charge on any atom is 0.355 e. The van der Waals surface area contributed by atoms with Gasteiger partial charge in [0, 0.05) is 11.1 Å². The first kappa shape index (κ1) is 14.2. The molecule has 2 aliphatic heterocycles. The summed E-state index contributed by atoms with van der Waals surface area (Å²) in [5.41, 5.74) is 7.45. The maximum absolute atomic E-state index is 12.0. The molecule has 1 fully saturated rings. The summed E-state index contributed by atoms with van der Waals surface area (Å²) in [7, 11) is 1.29. The van der Waals surface area contributed by atoms with Gasteiger partial charge in [-0.3, -0.25) is 9.69 Å². The number of thioether (sulfide) groups is 1. The molecule has 9 heteroatoms. The Morgan fingerprint density at radius 3 is 3.05 bits per heavy atom. The highest BCUT2D eigenvalue weighted by Crippen LogP contribution is 2.40. The largest absolute Gasteiger partial charge is 0.464 e. The van der Waals surface area contributed by atoms with Gasteiger partial charge in [-0.05, 0) is 23.2 Å². The molecule has 1 saturated heterocycles. The van der Waals surface area contributed by atoms with Crippen LogP contribution >= 0.6 is 23.3 Å². The van der Waals surface area contributed by atoms with E-state index in [2.05, 4.69) is 9.59 Å². The fourth-order valence-electron chi connectivity index (χ4n) is 2.18. The Labute approximate surface area is 129 Å². The van der Waals surface area contributed by atoms with Gasteiger partial charge < -0.3 is 10.5 Å². The minimum atomic E-state index is -0.553. The third-order valence-electron chi connectivity index (χ3n) is 3.25. The lowest BCUT2D eigenvalue weighted by Gasteiger charge is -2.47. The average Bonchev–Trinajstić information content (AvgIpc) is 3.03. The fourth-order valence-corrected chi connectivity index (χ4v) is 3.87. The molecule has 3 rings (SSSR count). The number of fused-ring (bicyclic) bond motifs is 1. The summed E-state index contributed by atoms with van der Waals surface area (Å²) in [5.74, 6) is -0.203. The molecule has 0 aliphatic carbocycles. The second kappa shape index (κ2) is 5.58. The van der Waals surface area contributed by atoms with Gasteiger partial charge >= 0.3 is 5.97 Å². The second-order valence-corrected chi connectivity index (χ2v) is 6.18. The van der Waals surface area contributed by atoms with Crippen molar-refractivity contribution >= 4 is 41.2 Å². The van der Waals surface area contributed by atoms with Crippen molar-refractivity contribution in [2.45, 2.75) is 11.4 Å². The molecule has 7 nitrogen and oxygen atoms in total. The van der Waals surface area contributed by atoms with Gasteiger partial charge in [-0.1, -0.05) is 10.6 Å². The minimum Gasteiger partial charge on any atom is -0.464 e. The fraction of sp³-hybridized carbons (Fsp3) is 0.333. The molecule has 21 heavy (non-hydrogen) atoms. The number of aromatic nitrogens is 2. The number of rotatable bonds is 3. The van der Waals surface area contributed by atoms with Crippen molar-refractivity contribution in [2.75, 3.05) is 12.9 Å². The number of nitrogens with zero attached hydrogens (tertiary/aromatic N) is 3. The number of ether oxygens (including phenoxy) is 1. The summed E-state index contributed by atoms with van der Waals surface area (Å²) in [6, 6.07) is -0.553. The molecule has 2 aliphatic rings. The Kier molecular flexibility index (Phi) is 3.79. The molecule has 3 heterocycles. The topological polar surface area (TPSA) is 98.4 Å². The highest BCUT2D eigenvalue weighted by atomic mass is 32.2. The molecule has 1 aromatic rings. The van der Waals surface area contributed by atoms with Gasteiger partial charge in [0.25, 0.3) is 0 Å². The molecule has 0 saturated carbocycles. The maximum atomic E-state index is 12.0. The number of β-lactam (4-membered cyclic amide) rings is 1. The van der Waals surface area contributed by atoms with Crippen molar-refractivity contribution in [3.63, 3.8) is 0 Å². The van der Waals surface area contributed by atoms with E-state index >= 15 is 0 Å². The van der Waals surface area contributed by atoms with Crippen LogP contribution in [-0.2, 0) is 14.3 Å². The van der Waals surface area contributed by atoms with Crippen LogP contribution in [0.2, 0.25) is 0 Å². The Bertz CT molecular complexity index is 641.